The summed E-state index contributed by atoms with van der Waals surface area (Å²) >= 11 is 1.40. The van der Waals surface area contributed by atoms with E-state index in [0.717, 1.165) is 17.1 Å². The van der Waals surface area contributed by atoms with Crippen LogP contribution in [-0.2, 0) is 11.8 Å². The Hall–Kier alpha value is -2.02. The normalized spacial score (nSPS) is 12.0. The number of amides is 1. The highest BCUT2D eigenvalue weighted by atomic mass is 32.2. The molecule has 1 unspecified atom stereocenters. The lowest BCUT2D eigenvalue weighted by Crippen LogP contribution is -2.29. The van der Waals surface area contributed by atoms with Gasteiger partial charge in [0.05, 0.1) is 12.4 Å². The van der Waals surface area contributed by atoms with E-state index in [1.807, 2.05) is 42.8 Å². The third-order valence-electron chi connectivity index (χ3n) is 3.25. The highest BCUT2D eigenvalue weighted by molar-refractivity contribution is 8.00. The number of aromatic nitrogens is 3. The van der Waals surface area contributed by atoms with Crippen molar-refractivity contribution in [1.82, 2.24) is 19.7 Å². The first-order chi connectivity index (χ1) is 10.4. The van der Waals surface area contributed by atoms with E-state index < -0.39 is 0 Å². The highest BCUT2D eigenvalue weighted by Crippen LogP contribution is 2.27. The van der Waals surface area contributed by atoms with Crippen LogP contribution in [0.15, 0.2) is 29.4 Å². The summed E-state index contributed by atoms with van der Waals surface area (Å²) in [7, 11) is 7.03. The van der Waals surface area contributed by atoms with Gasteiger partial charge in [-0.25, -0.2) is 0 Å². The summed E-state index contributed by atoms with van der Waals surface area (Å²) in [5.74, 6) is 1.61. The van der Waals surface area contributed by atoms with E-state index >= 15 is 0 Å². The van der Waals surface area contributed by atoms with Crippen molar-refractivity contribution in [2.45, 2.75) is 17.3 Å². The van der Waals surface area contributed by atoms with Crippen molar-refractivity contribution in [3.8, 4) is 17.1 Å². The molecule has 1 atom stereocenters. The van der Waals surface area contributed by atoms with Gasteiger partial charge in [-0.2, -0.15) is 0 Å². The Labute approximate surface area is 134 Å². The molecule has 22 heavy (non-hydrogen) atoms. The molecule has 1 heterocycles. The van der Waals surface area contributed by atoms with E-state index in [1.165, 1.54) is 11.8 Å². The molecule has 2 rings (SSSR count). The number of carbonyl (C=O) groups excluding carboxylic acids is 1. The number of benzene rings is 1. The molecule has 0 spiro atoms. The first kappa shape index (κ1) is 16.4. The lowest BCUT2D eigenvalue weighted by Gasteiger charge is -2.15. The van der Waals surface area contributed by atoms with Crippen LogP contribution in [0.3, 0.4) is 0 Å². The number of methoxy groups -OCH3 is 1. The summed E-state index contributed by atoms with van der Waals surface area (Å²) in [6.45, 7) is 1.87. The molecule has 7 heteroatoms. The molecule has 1 aromatic heterocycles. The molecule has 0 aliphatic carbocycles. The Morgan fingerprint density at radius 3 is 2.45 bits per heavy atom. The summed E-state index contributed by atoms with van der Waals surface area (Å²) in [6.07, 6.45) is 0. The molecular weight excluding hydrogens is 300 g/mol. The Morgan fingerprint density at radius 2 is 1.91 bits per heavy atom. The van der Waals surface area contributed by atoms with Crippen LogP contribution in [0.4, 0.5) is 0 Å². The Bertz CT molecular complexity index is 652. The minimum Gasteiger partial charge on any atom is -0.497 e. The Balaban J connectivity index is 2.20. The zero-order valence-electron chi connectivity index (χ0n) is 13.4. The maximum atomic E-state index is 11.9. The molecule has 0 aliphatic heterocycles. The molecule has 0 fully saturated rings. The third-order valence-corrected chi connectivity index (χ3v) is 4.38. The molecule has 118 valence electrons. The largest absolute Gasteiger partial charge is 0.497 e. The maximum Gasteiger partial charge on any atom is 0.235 e. The smallest absolute Gasteiger partial charge is 0.235 e. The number of thioether (sulfide) groups is 1. The topological polar surface area (TPSA) is 60.3 Å². The van der Waals surface area contributed by atoms with Gasteiger partial charge in [0, 0.05) is 26.7 Å². The maximum absolute atomic E-state index is 11.9. The zero-order valence-corrected chi connectivity index (χ0v) is 14.2. The van der Waals surface area contributed by atoms with Crippen LogP contribution >= 0.6 is 11.8 Å². The minimum atomic E-state index is -0.207. The molecule has 1 amide bonds. The van der Waals surface area contributed by atoms with Crippen LogP contribution in [0.25, 0.3) is 11.4 Å². The summed E-state index contributed by atoms with van der Waals surface area (Å²) in [4.78, 5) is 13.5. The average molecular weight is 320 g/mol. The van der Waals surface area contributed by atoms with Gasteiger partial charge in [0.1, 0.15) is 5.75 Å². The number of ether oxygens (including phenoxy) is 1. The molecule has 0 aliphatic rings. The molecule has 2 aromatic rings. The molecule has 0 radical (unpaired) electrons. The fourth-order valence-electron chi connectivity index (χ4n) is 1.98. The van der Waals surface area contributed by atoms with Gasteiger partial charge in [0.15, 0.2) is 11.0 Å². The monoisotopic (exact) mass is 320 g/mol. The van der Waals surface area contributed by atoms with Crippen molar-refractivity contribution in [3.05, 3.63) is 24.3 Å². The van der Waals surface area contributed by atoms with Gasteiger partial charge >= 0.3 is 0 Å². The van der Waals surface area contributed by atoms with E-state index in [2.05, 4.69) is 10.2 Å². The second-order valence-electron chi connectivity index (χ2n) is 5.09. The van der Waals surface area contributed by atoms with Crippen LogP contribution in [0.5, 0.6) is 5.75 Å². The van der Waals surface area contributed by atoms with Crippen molar-refractivity contribution < 1.29 is 9.53 Å². The summed E-state index contributed by atoms with van der Waals surface area (Å²) in [5.41, 5.74) is 0.953. The average Bonchev–Trinajstić information content (AvgIpc) is 2.87. The second kappa shape index (κ2) is 6.83. The number of nitrogens with zero attached hydrogens (tertiary/aromatic N) is 4. The molecule has 6 nitrogen and oxygen atoms in total. The SMILES string of the molecule is COc1ccc(-c2nnc(SC(C)C(=O)N(C)C)n2C)cc1. The summed E-state index contributed by atoms with van der Waals surface area (Å²) < 4.78 is 7.05. The number of rotatable bonds is 5. The first-order valence-corrected chi connectivity index (χ1v) is 7.73. The lowest BCUT2D eigenvalue weighted by atomic mass is 10.2. The molecule has 0 bridgehead atoms. The quantitative estimate of drug-likeness (QED) is 0.789. The van der Waals surface area contributed by atoms with Gasteiger partial charge < -0.3 is 14.2 Å². The number of hydrogen-bond donors (Lipinski definition) is 0. The fourth-order valence-corrected chi connectivity index (χ4v) is 2.94. The van der Waals surface area contributed by atoms with Gasteiger partial charge in [0.25, 0.3) is 0 Å². The van der Waals surface area contributed by atoms with Gasteiger partial charge in [-0.05, 0) is 31.2 Å². The zero-order chi connectivity index (χ0) is 16.3. The third kappa shape index (κ3) is 3.41. The van der Waals surface area contributed by atoms with Crippen molar-refractivity contribution in [1.29, 1.82) is 0 Å². The van der Waals surface area contributed by atoms with E-state index in [1.54, 1.807) is 26.1 Å². The first-order valence-electron chi connectivity index (χ1n) is 6.85. The van der Waals surface area contributed by atoms with E-state index in [4.69, 9.17) is 4.74 Å². The molecule has 0 saturated carbocycles. The lowest BCUT2D eigenvalue weighted by molar-refractivity contribution is -0.127. The molecular formula is C15H20N4O2S. The van der Waals surface area contributed by atoms with Gasteiger partial charge in [-0.1, -0.05) is 11.8 Å². The van der Waals surface area contributed by atoms with Crippen molar-refractivity contribution >= 4 is 17.7 Å². The van der Waals surface area contributed by atoms with Gasteiger partial charge in [0.2, 0.25) is 5.91 Å². The fraction of sp³-hybridized carbons (Fsp3) is 0.400. The molecule has 0 N–H and O–H groups in total. The number of hydrogen-bond acceptors (Lipinski definition) is 5. The van der Waals surface area contributed by atoms with Crippen molar-refractivity contribution in [2.24, 2.45) is 7.05 Å². The second-order valence-corrected chi connectivity index (χ2v) is 6.39. The molecule has 1 aromatic carbocycles. The Morgan fingerprint density at radius 1 is 1.27 bits per heavy atom. The predicted molar refractivity (Wildman–Crippen MR) is 87.0 cm³/mol. The summed E-state index contributed by atoms with van der Waals surface area (Å²) in [5, 5.41) is 8.92. The number of carbonyl (C=O) groups is 1. The van der Waals surface area contributed by atoms with Crippen LogP contribution in [0.2, 0.25) is 0 Å². The van der Waals surface area contributed by atoms with Crippen molar-refractivity contribution in [2.75, 3.05) is 21.2 Å². The van der Waals surface area contributed by atoms with Gasteiger partial charge in [-0.15, -0.1) is 10.2 Å². The van der Waals surface area contributed by atoms with Crippen LogP contribution < -0.4 is 4.74 Å². The standard InChI is InChI=1S/C15H20N4O2S/c1-10(14(20)18(2)3)22-15-17-16-13(19(15)4)11-6-8-12(21-5)9-7-11/h6-10H,1-5H3. The van der Waals surface area contributed by atoms with Crippen LogP contribution in [0, 0.1) is 0 Å². The highest BCUT2D eigenvalue weighted by Gasteiger charge is 2.20. The summed E-state index contributed by atoms with van der Waals surface area (Å²) in [6, 6.07) is 7.64. The van der Waals surface area contributed by atoms with E-state index in [0.29, 0.717) is 5.16 Å². The Kier molecular flexibility index (Phi) is 5.07. The van der Waals surface area contributed by atoms with E-state index in [-0.39, 0.29) is 11.2 Å². The minimum absolute atomic E-state index is 0.0546. The van der Waals surface area contributed by atoms with E-state index in [9.17, 15) is 4.79 Å². The van der Waals surface area contributed by atoms with Gasteiger partial charge in [-0.3, -0.25) is 4.79 Å². The predicted octanol–water partition coefficient (Wildman–Crippen LogP) is 2.06. The molecule has 0 saturated heterocycles. The van der Waals surface area contributed by atoms with Crippen molar-refractivity contribution in [3.63, 3.8) is 0 Å². The van der Waals surface area contributed by atoms with Crippen LogP contribution in [-0.4, -0.2) is 52.0 Å². The van der Waals surface area contributed by atoms with Crippen LogP contribution in [0.1, 0.15) is 6.92 Å².